The van der Waals surface area contributed by atoms with Crippen LogP contribution in [0.25, 0.3) is 0 Å². The zero-order valence-electron chi connectivity index (χ0n) is 12.1. The van der Waals surface area contributed by atoms with Gasteiger partial charge in [0, 0.05) is 116 Å². The smallest absolute Gasteiger partial charge is 1.00 e. The standard InChI is InChI=1S/CH4.2F2.10FH.3K.3U.3H2.2H/c;2*1-2;;;;;;;;;;;;;;;;;;;;;/h1H4;;;10*1H;;;;;;;3*1H;;/q;;;;;;;;;;;;;3*+1;;;;;;;2*-1/p-1. The van der Waals surface area contributed by atoms with Crippen LogP contribution < -0.4 is 159 Å². The molecule has 0 saturated heterocycles. The van der Waals surface area contributed by atoms with Crippen molar-refractivity contribution in [1.82, 2.24) is 0 Å². The minimum Gasteiger partial charge on any atom is -1.00 e. The fraction of sp³-hybridized carbons (Fsp3) is 1.00. The second kappa shape index (κ2) is 367. The van der Waals surface area contributed by atoms with E-state index in [1.165, 1.54) is 0 Å². The second-order valence-corrected chi connectivity index (χ2v) is 0. The first kappa shape index (κ1) is 250. The molecule has 0 heterocycles. The predicted molar refractivity (Wildman–Crippen MR) is 42.3 cm³/mol. The Bertz CT molecular complexity index is 47.8. The minimum atomic E-state index is 0. The molecule has 0 spiro atoms. The molecule has 0 rings (SSSR count). The molecule has 0 aliphatic rings. The third-order valence-corrected chi connectivity index (χ3v) is 0. The van der Waals surface area contributed by atoms with Crippen molar-refractivity contribution in [1.29, 1.82) is 0 Å². The van der Waals surface area contributed by atoms with E-state index >= 15 is 0 Å². The first-order valence-electron chi connectivity index (χ1n) is 0.286. The fourth-order valence-electron chi connectivity index (χ4n) is 0. The molecule has 0 radical (unpaired) electrons. The monoisotopic (exact) mass is 1130 g/mol. The summed E-state index contributed by atoms with van der Waals surface area (Å²) in [5.41, 5.74) is 0. The third-order valence-electron chi connectivity index (χ3n) is 0. The zero-order valence-corrected chi connectivity index (χ0v) is 31.9. The van der Waals surface area contributed by atoms with E-state index in [4.69, 9.17) is 18.3 Å². The van der Waals surface area contributed by atoms with Crippen molar-refractivity contribution in [2.45, 2.75) is 7.43 Å². The van der Waals surface area contributed by atoms with E-state index in [1.807, 2.05) is 0 Å². The number of halogens is 14. The van der Waals surface area contributed by atoms with Gasteiger partial charge in [0.1, 0.15) is 0 Å². The van der Waals surface area contributed by atoms with Gasteiger partial charge in [-0.1, -0.05) is 7.43 Å². The first-order valence-corrected chi connectivity index (χ1v) is 0.286. The summed E-state index contributed by atoms with van der Waals surface area (Å²) in [6, 6.07) is 0. The van der Waals surface area contributed by atoms with E-state index in [9.17, 15) is 0 Å². The Balaban J connectivity index is -0.0000000000758. The van der Waals surface area contributed by atoms with Gasteiger partial charge < -0.3 is 7.56 Å². The SMILES string of the molecule is C.F.F.F.F.F.F.F.F.F.FF.FF.[F-].[H-].[H-].[HH].[HH].[HH].[K+].[K+].[K+].[U].[U].[U]. The molecule has 0 N–H and O–H groups in total. The third kappa shape index (κ3) is 340. The van der Waals surface area contributed by atoms with E-state index < -0.39 is 0 Å². The Hall–Kier alpha value is 7.08. The molecular formula is CH21F14K3U3. The van der Waals surface area contributed by atoms with Gasteiger partial charge in [-0.3, -0.25) is 42.3 Å². The Kier molecular flexibility index (Phi) is 4360. The first-order chi connectivity index (χ1) is 2.00. The van der Waals surface area contributed by atoms with Crippen LogP contribution in [-0.2, 0) is 0 Å². The number of rotatable bonds is 0. The van der Waals surface area contributed by atoms with Crippen molar-refractivity contribution >= 4 is 0 Å². The Morgan fingerprint density at radius 3 is 0.429 bits per heavy atom. The van der Waals surface area contributed by atoms with E-state index in [-0.39, 0.29) is 309 Å². The number of hydrogen-bond acceptors (Lipinski definition) is 0. The van der Waals surface area contributed by atoms with Gasteiger partial charge in [0.15, 0.2) is 0 Å². The van der Waals surface area contributed by atoms with E-state index in [1.54, 1.807) is 0 Å². The van der Waals surface area contributed by atoms with Crippen LogP contribution in [0.15, 0.2) is 0 Å². The van der Waals surface area contributed by atoms with Gasteiger partial charge in [-0.2, -0.15) is 0 Å². The average molecular weight is 1130 g/mol. The van der Waals surface area contributed by atoms with Gasteiger partial charge in [0.2, 0.25) is 0 Å². The summed E-state index contributed by atoms with van der Waals surface area (Å²) in [5.74, 6) is 0. The number of hydrogen-bond donors (Lipinski definition) is 0. The van der Waals surface area contributed by atoms with Crippen LogP contribution in [0.4, 0.5) is 60.6 Å². The van der Waals surface area contributed by atoms with E-state index in [0.717, 1.165) is 0 Å². The van der Waals surface area contributed by atoms with Crippen LogP contribution >= 0.6 is 0 Å². The molecule has 0 aliphatic heterocycles. The summed E-state index contributed by atoms with van der Waals surface area (Å²) >= 11 is 0. The molecule has 0 nitrogen and oxygen atoms in total. The Labute approximate surface area is 318 Å². The molecule has 0 bridgehead atoms. The molecule has 20 heteroatoms. The van der Waals surface area contributed by atoms with Crippen molar-refractivity contribution < 1.29 is 320 Å². The van der Waals surface area contributed by atoms with E-state index in [2.05, 4.69) is 0 Å². The van der Waals surface area contributed by atoms with Gasteiger partial charge >= 0.3 is 154 Å². The molecule has 0 fully saturated rings. The van der Waals surface area contributed by atoms with Crippen molar-refractivity contribution in [3.8, 4) is 0 Å². The molecule has 21 heavy (non-hydrogen) atoms. The largest absolute Gasteiger partial charge is 1.00 e. The maximum atomic E-state index is 8.00. The summed E-state index contributed by atoms with van der Waals surface area (Å²) in [5, 5.41) is 0. The van der Waals surface area contributed by atoms with Gasteiger partial charge in [-0.15, -0.1) is 0 Å². The molecular weight excluding hydrogens is 1110 g/mol. The molecule has 0 aromatic rings. The molecule has 0 amide bonds. The van der Waals surface area contributed by atoms with Gasteiger partial charge in [-0.25, -0.2) is 0 Å². The van der Waals surface area contributed by atoms with Crippen LogP contribution in [0.3, 0.4) is 0 Å². The summed E-state index contributed by atoms with van der Waals surface area (Å²) in [4.78, 5) is 0. The van der Waals surface area contributed by atoms with Gasteiger partial charge in [0.05, 0.1) is 0 Å². The average Bonchev–Trinajstić information content (AvgIpc) is 1.50. The topological polar surface area (TPSA) is 0 Å². The van der Waals surface area contributed by atoms with E-state index in [0.29, 0.717) is 0 Å². The van der Waals surface area contributed by atoms with Gasteiger partial charge in [0.25, 0.3) is 0 Å². The second-order valence-electron chi connectivity index (χ2n) is 0. The fourth-order valence-corrected chi connectivity index (χ4v) is 0. The summed E-state index contributed by atoms with van der Waals surface area (Å²) in [6.45, 7) is 0. The van der Waals surface area contributed by atoms with Crippen molar-refractivity contribution in [3.05, 3.63) is 0 Å². The summed E-state index contributed by atoms with van der Waals surface area (Å²) in [7, 11) is 0. The summed E-state index contributed by atoms with van der Waals surface area (Å²) < 4.78 is 32.0. The molecule has 0 atom stereocenters. The zero-order chi connectivity index (χ0) is 4.00. The normalized spacial score (nSPS) is 0.571. The van der Waals surface area contributed by atoms with Crippen LogP contribution in [0, 0.1) is 93.3 Å². The van der Waals surface area contributed by atoms with Crippen LogP contribution in [0.5, 0.6) is 0 Å². The quantitative estimate of drug-likeness (QED) is 0.168. The van der Waals surface area contributed by atoms with Crippen LogP contribution in [-0.4, -0.2) is 0 Å². The van der Waals surface area contributed by atoms with Crippen molar-refractivity contribution in [2.24, 2.45) is 0 Å². The Morgan fingerprint density at radius 2 is 0.429 bits per heavy atom. The predicted octanol–water partition coefficient (Wildman–Crippen LogP) is -7.33. The summed E-state index contributed by atoms with van der Waals surface area (Å²) in [6.07, 6.45) is 0. The Morgan fingerprint density at radius 1 is 0.429 bits per heavy atom. The molecule has 0 aromatic heterocycles. The van der Waals surface area contributed by atoms with Crippen molar-refractivity contribution in [3.63, 3.8) is 0 Å². The van der Waals surface area contributed by atoms with Crippen LogP contribution in [0.1, 0.15) is 14.6 Å². The van der Waals surface area contributed by atoms with Gasteiger partial charge in [-0.05, 0) is 0 Å². The maximum absolute atomic E-state index is 8.00. The molecule has 138 valence electrons. The molecule has 0 unspecified atom stereocenters. The van der Waals surface area contributed by atoms with Crippen LogP contribution in [0.2, 0.25) is 0 Å². The molecule has 0 aliphatic carbocycles. The minimum absolute atomic E-state index is 0. The maximum Gasteiger partial charge on any atom is 1.00 e. The van der Waals surface area contributed by atoms with Crippen molar-refractivity contribution in [2.75, 3.05) is 0 Å². The molecule has 0 saturated carbocycles. The molecule has 0 aromatic carbocycles.